The monoisotopic (exact) mass is 607 g/mol. The molecule has 0 saturated carbocycles. The normalized spacial score (nSPS) is 14.2. The number of hydrogen-bond acceptors (Lipinski definition) is 5. The molecule has 2 amide bonds. The molecule has 4 aromatic rings. The van der Waals surface area contributed by atoms with Gasteiger partial charge < -0.3 is 9.74 Å². The predicted octanol–water partition coefficient (Wildman–Crippen LogP) is 6.07. The topological polar surface area (TPSA) is 92.9 Å². The molecule has 0 aromatic heterocycles. The van der Waals surface area contributed by atoms with Crippen molar-refractivity contribution in [3.05, 3.63) is 130 Å². The minimum absolute atomic E-state index is 0.0935. The summed E-state index contributed by atoms with van der Waals surface area (Å²) in [5.41, 5.74) is 0.931. The fraction of sp³-hybridized carbons (Fsp3) is 0.156. The summed E-state index contributed by atoms with van der Waals surface area (Å²) >= 11 is 5.96. The Hall–Kier alpha value is -4.67. The Bertz CT molecular complexity index is 1660. The molecule has 11 heteroatoms. The van der Waals surface area contributed by atoms with E-state index < -0.39 is 28.9 Å². The van der Waals surface area contributed by atoms with Crippen molar-refractivity contribution in [2.75, 3.05) is 13.1 Å². The van der Waals surface area contributed by atoms with Gasteiger partial charge in [0.05, 0.1) is 16.0 Å². The van der Waals surface area contributed by atoms with Crippen LogP contribution in [0.4, 0.5) is 13.2 Å². The lowest BCUT2D eigenvalue weighted by atomic mass is 9.72. The first-order chi connectivity index (χ1) is 20.6. The van der Waals surface area contributed by atoms with Crippen molar-refractivity contribution < 1.29 is 32.4 Å². The summed E-state index contributed by atoms with van der Waals surface area (Å²) in [5, 5.41) is 0.00897. The van der Waals surface area contributed by atoms with Crippen LogP contribution in [0.25, 0.3) is 11.1 Å². The van der Waals surface area contributed by atoms with Gasteiger partial charge in [0, 0.05) is 18.7 Å². The SMILES string of the molecule is NN(OC(=O)C1(c2ccc(F)cc2)CCN(C(=O)c2ccc(-c3ccc(F)cc3)cc2)CC1)C(=O)c1ccc(F)cc1Cl. The van der Waals surface area contributed by atoms with Crippen LogP contribution >= 0.6 is 11.6 Å². The number of carbonyl (C=O) groups is 3. The highest BCUT2D eigenvalue weighted by molar-refractivity contribution is 6.33. The maximum absolute atomic E-state index is 13.8. The van der Waals surface area contributed by atoms with E-state index >= 15 is 0 Å². The van der Waals surface area contributed by atoms with Crippen LogP contribution in [0.5, 0.6) is 0 Å². The lowest BCUT2D eigenvalue weighted by Gasteiger charge is -2.40. The molecule has 43 heavy (non-hydrogen) atoms. The Morgan fingerprint density at radius 1 is 0.767 bits per heavy atom. The molecule has 0 unspecified atom stereocenters. The molecule has 1 aliphatic rings. The van der Waals surface area contributed by atoms with E-state index in [2.05, 4.69) is 0 Å². The number of benzene rings is 4. The van der Waals surface area contributed by atoms with Gasteiger partial charge in [-0.3, -0.25) is 9.59 Å². The van der Waals surface area contributed by atoms with E-state index in [1.807, 2.05) is 0 Å². The predicted molar refractivity (Wildman–Crippen MR) is 153 cm³/mol. The van der Waals surface area contributed by atoms with Crippen LogP contribution in [0.15, 0.2) is 91.0 Å². The van der Waals surface area contributed by atoms with Gasteiger partial charge in [-0.2, -0.15) is 0 Å². The standard InChI is InChI=1S/C32H25ClF3N3O4/c33-28-19-26(36)13-14-27(28)30(41)39(37)43-31(42)32(23-7-11-25(35)12-8-23)15-17-38(18-16-32)29(40)22-3-1-20(2-4-22)21-5-9-24(34)10-6-21/h1-14,19H,15-18,37H2. The molecule has 0 aliphatic carbocycles. The third-order valence-corrected chi connectivity index (χ3v) is 7.86. The number of likely N-dealkylation sites (tertiary alicyclic amines) is 1. The molecule has 2 N–H and O–H groups in total. The number of nitrogens with two attached hydrogens (primary N) is 1. The molecule has 1 aliphatic heterocycles. The first-order valence-electron chi connectivity index (χ1n) is 13.3. The maximum atomic E-state index is 13.8. The van der Waals surface area contributed by atoms with Crippen LogP contribution in [0.3, 0.4) is 0 Å². The van der Waals surface area contributed by atoms with Crippen LogP contribution in [-0.2, 0) is 15.0 Å². The third kappa shape index (κ3) is 6.25. The van der Waals surface area contributed by atoms with Crippen LogP contribution in [0.1, 0.15) is 39.1 Å². The summed E-state index contributed by atoms with van der Waals surface area (Å²) in [6.07, 6.45) is 0.187. The van der Waals surface area contributed by atoms with E-state index in [1.165, 1.54) is 36.4 Å². The highest BCUT2D eigenvalue weighted by Crippen LogP contribution is 2.38. The van der Waals surface area contributed by atoms with Gasteiger partial charge in [0.15, 0.2) is 0 Å². The van der Waals surface area contributed by atoms with Crippen LogP contribution in [0, 0.1) is 17.5 Å². The zero-order chi connectivity index (χ0) is 30.7. The van der Waals surface area contributed by atoms with E-state index in [9.17, 15) is 27.6 Å². The molecule has 1 saturated heterocycles. The smallest absolute Gasteiger partial charge is 0.339 e. The van der Waals surface area contributed by atoms with E-state index in [0.29, 0.717) is 11.1 Å². The molecule has 5 rings (SSSR count). The van der Waals surface area contributed by atoms with Crippen LogP contribution < -0.4 is 5.84 Å². The number of rotatable bonds is 5. The van der Waals surface area contributed by atoms with Gasteiger partial charge in [0.25, 0.3) is 5.91 Å². The van der Waals surface area contributed by atoms with Crippen molar-refractivity contribution in [1.82, 2.24) is 10.1 Å². The highest BCUT2D eigenvalue weighted by Gasteiger charge is 2.46. The van der Waals surface area contributed by atoms with E-state index in [0.717, 1.165) is 29.3 Å². The van der Waals surface area contributed by atoms with Gasteiger partial charge in [0.1, 0.15) is 17.5 Å². The fourth-order valence-corrected chi connectivity index (χ4v) is 5.35. The lowest BCUT2D eigenvalue weighted by molar-refractivity contribution is -0.188. The Morgan fingerprint density at radius 3 is 1.84 bits per heavy atom. The second-order valence-electron chi connectivity index (χ2n) is 10.1. The van der Waals surface area contributed by atoms with Gasteiger partial charge in [-0.1, -0.05) is 53.2 Å². The van der Waals surface area contributed by atoms with Gasteiger partial charge >= 0.3 is 11.9 Å². The van der Waals surface area contributed by atoms with Crippen molar-refractivity contribution >= 4 is 29.4 Å². The van der Waals surface area contributed by atoms with Gasteiger partial charge in [-0.05, 0) is 84.1 Å². The Morgan fingerprint density at radius 2 is 1.28 bits per heavy atom. The summed E-state index contributed by atoms with van der Waals surface area (Å²) in [5.74, 6) is 2.14. The summed E-state index contributed by atoms with van der Waals surface area (Å²) < 4.78 is 40.5. The Labute approximate surface area is 250 Å². The molecule has 4 aromatic carbocycles. The zero-order valence-electron chi connectivity index (χ0n) is 22.6. The molecule has 7 nitrogen and oxygen atoms in total. The number of piperidine rings is 1. The number of nitrogens with zero attached hydrogens (tertiary/aromatic N) is 2. The third-order valence-electron chi connectivity index (χ3n) is 7.54. The summed E-state index contributed by atoms with van der Waals surface area (Å²) in [4.78, 5) is 46.6. The van der Waals surface area contributed by atoms with Gasteiger partial charge in [0.2, 0.25) is 0 Å². The van der Waals surface area contributed by atoms with Crippen molar-refractivity contribution in [2.45, 2.75) is 18.3 Å². The fourth-order valence-electron chi connectivity index (χ4n) is 5.10. The van der Waals surface area contributed by atoms with Crippen molar-refractivity contribution in [2.24, 2.45) is 5.84 Å². The number of amides is 2. The Balaban J connectivity index is 1.32. The van der Waals surface area contributed by atoms with Crippen molar-refractivity contribution in [3.63, 3.8) is 0 Å². The highest BCUT2D eigenvalue weighted by atomic mass is 35.5. The average molecular weight is 608 g/mol. The first-order valence-corrected chi connectivity index (χ1v) is 13.6. The average Bonchev–Trinajstić information content (AvgIpc) is 3.01. The molecule has 0 bridgehead atoms. The maximum Gasteiger partial charge on any atom is 0.345 e. The Kier molecular flexibility index (Phi) is 8.52. The molecule has 1 heterocycles. The second kappa shape index (κ2) is 12.3. The van der Waals surface area contributed by atoms with Crippen molar-refractivity contribution in [1.29, 1.82) is 0 Å². The lowest BCUT2D eigenvalue weighted by Crippen LogP contribution is -2.52. The largest absolute Gasteiger partial charge is 0.345 e. The van der Waals surface area contributed by atoms with E-state index in [1.54, 1.807) is 41.3 Å². The van der Waals surface area contributed by atoms with Gasteiger partial charge in [-0.15, -0.1) is 0 Å². The molecular formula is C32H25ClF3N3O4. The molecular weight excluding hydrogens is 583 g/mol. The molecule has 0 atom stereocenters. The number of hydroxylamine groups is 1. The minimum Gasteiger partial charge on any atom is -0.339 e. The molecule has 1 fully saturated rings. The van der Waals surface area contributed by atoms with E-state index in [4.69, 9.17) is 22.3 Å². The summed E-state index contributed by atoms with van der Waals surface area (Å²) in [6, 6.07) is 21.2. The van der Waals surface area contributed by atoms with Crippen LogP contribution in [-0.4, -0.2) is 40.9 Å². The first kappa shape index (κ1) is 29.8. The van der Waals surface area contributed by atoms with E-state index in [-0.39, 0.29) is 53.4 Å². The zero-order valence-corrected chi connectivity index (χ0v) is 23.4. The number of hydrogen-bond donors (Lipinski definition) is 1. The molecule has 220 valence electrons. The van der Waals surface area contributed by atoms with Crippen LogP contribution in [0.2, 0.25) is 5.02 Å². The van der Waals surface area contributed by atoms with Crippen molar-refractivity contribution in [3.8, 4) is 11.1 Å². The number of halogens is 4. The quantitative estimate of drug-likeness (QED) is 0.169. The van der Waals surface area contributed by atoms with Gasteiger partial charge in [-0.25, -0.2) is 23.8 Å². The minimum atomic E-state index is -1.36. The summed E-state index contributed by atoms with van der Waals surface area (Å²) in [6.45, 7) is 0.292. The molecule has 0 spiro atoms. The molecule has 0 radical (unpaired) electrons. The number of carbonyl (C=O) groups excluding carboxylic acids is 3. The summed E-state index contributed by atoms with van der Waals surface area (Å²) in [7, 11) is 0. The second-order valence-corrected chi connectivity index (χ2v) is 10.5. The number of hydrazine groups is 1.